The second kappa shape index (κ2) is 4.35. The second-order valence-electron chi connectivity index (χ2n) is 3.05. The van der Waals surface area contributed by atoms with Crippen molar-refractivity contribution in [2.45, 2.75) is 13.0 Å². The van der Waals surface area contributed by atoms with Gasteiger partial charge in [-0.15, -0.1) is 0 Å². The number of esters is 1. The summed E-state index contributed by atoms with van der Waals surface area (Å²) in [6, 6.07) is 1.70. The standard InChI is InChI=1S/C10H10F2O3/c1-5-3-7(11)8(12)4-6(5)9(13)10(14)15-2/h3-4,9,13H,1-2H3. The third-order valence-electron chi connectivity index (χ3n) is 2.03. The molecular weight excluding hydrogens is 206 g/mol. The zero-order chi connectivity index (χ0) is 11.6. The van der Waals surface area contributed by atoms with E-state index >= 15 is 0 Å². The van der Waals surface area contributed by atoms with Gasteiger partial charge in [0.1, 0.15) is 0 Å². The monoisotopic (exact) mass is 216 g/mol. The summed E-state index contributed by atoms with van der Waals surface area (Å²) in [5.74, 6) is -3.05. The van der Waals surface area contributed by atoms with Crippen LogP contribution in [0.3, 0.4) is 0 Å². The molecule has 0 aliphatic heterocycles. The Morgan fingerprint density at radius 3 is 2.47 bits per heavy atom. The molecule has 0 radical (unpaired) electrons. The number of aliphatic hydroxyl groups is 1. The average molecular weight is 216 g/mol. The van der Waals surface area contributed by atoms with Gasteiger partial charge in [-0.1, -0.05) is 0 Å². The SMILES string of the molecule is COC(=O)C(O)c1cc(F)c(F)cc1C. The number of carbonyl (C=O) groups excluding carboxylic acids is 1. The maximum atomic E-state index is 12.8. The Labute approximate surface area is 85.3 Å². The Hall–Kier alpha value is -1.49. The molecule has 5 heteroatoms. The lowest BCUT2D eigenvalue weighted by Crippen LogP contribution is -2.15. The van der Waals surface area contributed by atoms with Crippen molar-refractivity contribution in [1.82, 2.24) is 0 Å². The highest BCUT2D eigenvalue weighted by molar-refractivity contribution is 5.76. The molecule has 0 saturated carbocycles. The Morgan fingerprint density at radius 1 is 1.40 bits per heavy atom. The van der Waals surface area contributed by atoms with Crippen molar-refractivity contribution in [3.63, 3.8) is 0 Å². The molecule has 0 aliphatic carbocycles. The summed E-state index contributed by atoms with van der Waals surface area (Å²) in [4.78, 5) is 11.0. The van der Waals surface area contributed by atoms with Crippen molar-refractivity contribution in [3.8, 4) is 0 Å². The van der Waals surface area contributed by atoms with Crippen LogP contribution in [-0.2, 0) is 9.53 Å². The van der Waals surface area contributed by atoms with E-state index in [0.717, 1.165) is 19.2 Å². The second-order valence-corrected chi connectivity index (χ2v) is 3.05. The molecule has 0 amide bonds. The van der Waals surface area contributed by atoms with E-state index in [2.05, 4.69) is 4.74 Å². The third-order valence-corrected chi connectivity index (χ3v) is 2.03. The summed E-state index contributed by atoms with van der Waals surface area (Å²) in [5.41, 5.74) is 0.285. The highest BCUT2D eigenvalue weighted by Crippen LogP contribution is 2.21. The topological polar surface area (TPSA) is 46.5 Å². The molecule has 1 N–H and O–H groups in total. The lowest BCUT2D eigenvalue weighted by atomic mass is 10.0. The first kappa shape index (κ1) is 11.6. The van der Waals surface area contributed by atoms with E-state index in [1.54, 1.807) is 0 Å². The minimum absolute atomic E-state index is 0.000694. The van der Waals surface area contributed by atoms with E-state index < -0.39 is 23.7 Å². The van der Waals surface area contributed by atoms with Crippen LogP contribution in [0.4, 0.5) is 8.78 Å². The van der Waals surface area contributed by atoms with Crippen LogP contribution in [0.2, 0.25) is 0 Å². The van der Waals surface area contributed by atoms with E-state index in [-0.39, 0.29) is 11.1 Å². The van der Waals surface area contributed by atoms with Crippen LogP contribution in [0, 0.1) is 18.6 Å². The Balaban J connectivity index is 3.14. The zero-order valence-electron chi connectivity index (χ0n) is 8.25. The zero-order valence-corrected chi connectivity index (χ0v) is 8.25. The molecule has 0 aliphatic rings. The fourth-order valence-electron chi connectivity index (χ4n) is 1.19. The van der Waals surface area contributed by atoms with Crippen LogP contribution in [0.15, 0.2) is 12.1 Å². The molecule has 3 nitrogen and oxygen atoms in total. The van der Waals surface area contributed by atoms with E-state index in [9.17, 15) is 18.7 Å². The number of aliphatic hydroxyl groups excluding tert-OH is 1. The largest absolute Gasteiger partial charge is 0.467 e. The van der Waals surface area contributed by atoms with Crippen molar-refractivity contribution < 1.29 is 23.4 Å². The molecule has 0 aromatic heterocycles. The summed E-state index contributed by atoms with van der Waals surface area (Å²) in [6.45, 7) is 1.46. The van der Waals surface area contributed by atoms with Gasteiger partial charge >= 0.3 is 5.97 Å². The van der Waals surface area contributed by atoms with Gasteiger partial charge < -0.3 is 9.84 Å². The van der Waals surface area contributed by atoms with Crippen molar-refractivity contribution in [1.29, 1.82) is 0 Å². The lowest BCUT2D eigenvalue weighted by Gasteiger charge is -2.11. The van der Waals surface area contributed by atoms with Gasteiger partial charge in [-0.2, -0.15) is 0 Å². The normalized spacial score (nSPS) is 12.3. The highest BCUT2D eigenvalue weighted by Gasteiger charge is 2.21. The lowest BCUT2D eigenvalue weighted by molar-refractivity contribution is -0.150. The van der Waals surface area contributed by atoms with E-state index in [1.165, 1.54) is 6.92 Å². The number of rotatable bonds is 2. The maximum absolute atomic E-state index is 12.8. The summed E-state index contributed by atoms with van der Waals surface area (Å²) in [6.07, 6.45) is -1.59. The molecule has 1 unspecified atom stereocenters. The molecule has 0 spiro atoms. The fourth-order valence-corrected chi connectivity index (χ4v) is 1.19. The summed E-state index contributed by atoms with van der Waals surface area (Å²) in [5, 5.41) is 9.42. The van der Waals surface area contributed by atoms with Crippen LogP contribution >= 0.6 is 0 Å². The van der Waals surface area contributed by atoms with Gasteiger partial charge in [0, 0.05) is 0 Å². The van der Waals surface area contributed by atoms with Gasteiger partial charge in [0.05, 0.1) is 7.11 Å². The molecule has 0 saturated heterocycles. The number of hydrogen-bond acceptors (Lipinski definition) is 3. The molecule has 1 aromatic rings. The van der Waals surface area contributed by atoms with Crippen LogP contribution in [0.25, 0.3) is 0 Å². The quantitative estimate of drug-likeness (QED) is 0.761. The van der Waals surface area contributed by atoms with Crippen molar-refractivity contribution >= 4 is 5.97 Å². The van der Waals surface area contributed by atoms with E-state index in [1.807, 2.05) is 0 Å². The predicted molar refractivity (Wildman–Crippen MR) is 48.1 cm³/mol. The predicted octanol–water partition coefficient (Wildman–Crippen LogP) is 1.48. The summed E-state index contributed by atoms with van der Waals surface area (Å²) < 4.78 is 29.9. The van der Waals surface area contributed by atoms with Gasteiger partial charge in [-0.3, -0.25) is 0 Å². The third kappa shape index (κ3) is 2.30. The number of aryl methyl sites for hydroxylation is 1. The fraction of sp³-hybridized carbons (Fsp3) is 0.300. The van der Waals surface area contributed by atoms with Gasteiger partial charge in [0.25, 0.3) is 0 Å². The number of benzene rings is 1. The number of hydrogen-bond donors (Lipinski definition) is 1. The number of carbonyl (C=O) groups is 1. The first-order valence-corrected chi connectivity index (χ1v) is 4.18. The molecule has 1 rings (SSSR count). The van der Waals surface area contributed by atoms with E-state index in [4.69, 9.17) is 0 Å². The van der Waals surface area contributed by atoms with Crippen molar-refractivity contribution in [2.75, 3.05) is 7.11 Å². The minimum Gasteiger partial charge on any atom is -0.467 e. The summed E-state index contributed by atoms with van der Waals surface area (Å²) in [7, 11) is 1.10. The number of ether oxygens (including phenoxy) is 1. The van der Waals surface area contributed by atoms with Gasteiger partial charge in [0.2, 0.25) is 0 Å². The molecule has 0 bridgehead atoms. The molecule has 15 heavy (non-hydrogen) atoms. The first-order chi connectivity index (χ1) is 6.97. The van der Waals surface area contributed by atoms with Crippen LogP contribution in [0.1, 0.15) is 17.2 Å². The van der Waals surface area contributed by atoms with Gasteiger partial charge in [-0.05, 0) is 30.2 Å². The Morgan fingerprint density at radius 2 is 1.93 bits per heavy atom. The number of halogens is 2. The molecule has 0 heterocycles. The molecule has 82 valence electrons. The van der Waals surface area contributed by atoms with E-state index in [0.29, 0.717) is 0 Å². The smallest absolute Gasteiger partial charge is 0.339 e. The van der Waals surface area contributed by atoms with Gasteiger partial charge in [-0.25, -0.2) is 13.6 Å². The van der Waals surface area contributed by atoms with Crippen LogP contribution in [0.5, 0.6) is 0 Å². The van der Waals surface area contributed by atoms with Crippen molar-refractivity contribution in [3.05, 3.63) is 34.9 Å². The average Bonchev–Trinajstić information content (AvgIpc) is 2.21. The minimum atomic E-state index is -1.59. The number of methoxy groups -OCH3 is 1. The molecule has 1 atom stereocenters. The first-order valence-electron chi connectivity index (χ1n) is 4.18. The molecule has 1 aromatic carbocycles. The molecule has 0 fully saturated rings. The van der Waals surface area contributed by atoms with Crippen LogP contribution in [-0.4, -0.2) is 18.2 Å². The Kier molecular flexibility index (Phi) is 3.36. The summed E-state index contributed by atoms with van der Waals surface area (Å²) >= 11 is 0. The Bertz CT molecular complexity index is 390. The maximum Gasteiger partial charge on any atom is 0.339 e. The van der Waals surface area contributed by atoms with Gasteiger partial charge in [0.15, 0.2) is 17.7 Å². The highest BCUT2D eigenvalue weighted by atomic mass is 19.2. The molecular formula is C10H10F2O3. The van der Waals surface area contributed by atoms with Crippen LogP contribution < -0.4 is 0 Å². The van der Waals surface area contributed by atoms with Crippen molar-refractivity contribution in [2.24, 2.45) is 0 Å².